The molecule has 5 aromatic rings. The molecule has 137 heavy (non-hydrogen) atoms. The molecule has 20 aliphatic carbocycles. The number of hydrogen-bond donors (Lipinski definition) is 5. The van der Waals surface area contributed by atoms with Crippen molar-refractivity contribution in [2.45, 2.75) is 383 Å². The fourth-order valence-electron chi connectivity index (χ4n) is 40.7. The Morgan fingerprint density at radius 2 is 0.577 bits per heavy atom. The molecular weight excluding hydrogens is 1700 g/mol. The van der Waals surface area contributed by atoms with Crippen molar-refractivity contribution in [1.29, 1.82) is 0 Å². The first-order valence-corrected chi connectivity index (χ1v) is 55.8. The second kappa shape index (κ2) is 36.1. The first-order valence-electron chi connectivity index (χ1n) is 55.8. The third-order valence-electron chi connectivity index (χ3n) is 42.9. The molecule has 25 aliphatic rings. The Balaban J connectivity index is 0.000000102. The van der Waals surface area contributed by atoms with Gasteiger partial charge in [0.15, 0.2) is 0 Å². The van der Waals surface area contributed by atoms with Crippen LogP contribution in [0.25, 0.3) is 0 Å². The molecule has 13 heteroatoms. The van der Waals surface area contributed by atoms with Crippen LogP contribution >= 0.6 is 0 Å². The van der Waals surface area contributed by atoms with Crippen LogP contribution in [0.15, 0.2) is 152 Å². The average molecular weight is 1870 g/mol. The highest BCUT2D eigenvalue weighted by Gasteiger charge is 2.71. The summed E-state index contributed by atoms with van der Waals surface area (Å²) in [5.41, 5.74) is 9.35. The Hall–Kier alpha value is -5.96. The van der Waals surface area contributed by atoms with Crippen LogP contribution in [0.2, 0.25) is 0 Å². The summed E-state index contributed by atoms with van der Waals surface area (Å²) in [6.45, 7) is 27.3. The second-order valence-electron chi connectivity index (χ2n) is 55.7. The first-order chi connectivity index (χ1) is 65.2. The summed E-state index contributed by atoms with van der Waals surface area (Å²) in [7, 11) is 0. The predicted molar refractivity (Wildman–Crippen MR) is 544 cm³/mol. The van der Waals surface area contributed by atoms with Gasteiger partial charge in [0, 0.05) is 90.3 Å². The number of nitrogens with one attached hydrogen (secondary N) is 5. The Labute approximate surface area is 821 Å². The van der Waals surface area contributed by atoms with Gasteiger partial charge in [0.2, 0.25) is 0 Å². The molecule has 20 saturated carbocycles. The first kappa shape index (κ1) is 97.1. The molecule has 30 rings (SSSR count). The van der Waals surface area contributed by atoms with E-state index in [9.17, 15) is 37.1 Å². The molecule has 5 aliphatic heterocycles. The molecule has 0 amide bonds. The minimum absolute atomic E-state index is 0.0296. The standard InChI is InChI=1S/C26H37NO.2C25H35NO.C24H31F2NO.C24H32FNO/c1-23(2)18-27-10-9-21(23)11-22(28)26-14-19-12-24(3,16-26)15-25(13-19,17-26)20-7-5-4-6-8-20;2*1-18-10-19(8-9-26-18)11-22(27)25-14-20-12-23(2,16-25)15-24(13-20,17-25)21-6-4-3-5-7-21;1-21-10-17-11-22(13-21,18-5-3-2-4-6-18)15-23(12-17,14-21)20(28)9-19-7-8-27-16-24(19,25)26;1-22-10-17-11-23(14-22,19-5-3-2-4-6-19)16-24(12-17,15-22)21(27)9-18-7-8-26-13-20(18)25/h4-8,19,21,27H,9-18H2,1-3H3;2*3-7,18-20,26H,8-17H2,1-2H3;2-6,17,19,27H,7-16H2,1H3;2-6,17-18,20,26H,7-16H2,1H3/t;2*18-,19-,20?,23?,24?,25?;;17?,18-,20+,22?,23?,24?/m.00.0/s1. The van der Waals surface area contributed by atoms with Crippen LogP contribution in [-0.4, -0.2) is 105 Å². The van der Waals surface area contributed by atoms with Crippen molar-refractivity contribution in [3.8, 4) is 0 Å². The molecule has 25 fully saturated rings. The number of carbonyl (C=O) groups excluding carboxylic acids is 5. The molecule has 28 atom stereocenters. The molecule has 5 heterocycles. The fourth-order valence-corrected chi connectivity index (χ4v) is 40.7. The van der Waals surface area contributed by atoms with E-state index in [1.54, 1.807) is 0 Å². The number of halogens is 3. The van der Waals surface area contributed by atoms with Crippen molar-refractivity contribution in [1.82, 2.24) is 26.6 Å². The van der Waals surface area contributed by atoms with E-state index in [4.69, 9.17) is 0 Å². The van der Waals surface area contributed by atoms with E-state index in [1.165, 1.54) is 156 Å². The summed E-state index contributed by atoms with van der Waals surface area (Å²) >= 11 is 0. The maximum Gasteiger partial charge on any atom is 0.263 e. The van der Waals surface area contributed by atoms with Gasteiger partial charge >= 0.3 is 0 Å². The van der Waals surface area contributed by atoms with Crippen molar-refractivity contribution in [2.24, 2.45) is 119 Å². The largest absolute Gasteiger partial charge is 0.316 e. The lowest BCUT2D eigenvalue weighted by Crippen LogP contribution is -2.60. The van der Waals surface area contributed by atoms with Crippen LogP contribution < -0.4 is 26.6 Å². The van der Waals surface area contributed by atoms with Crippen molar-refractivity contribution in [3.05, 3.63) is 179 Å². The molecule has 5 N–H and O–H groups in total. The number of Topliss-reactive ketones (excluding diaryl/α,β-unsaturated/α-hetero) is 5. The Kier molecular flexibility index (Phi) is 25.6. The van der Waals surface area contributed by atoms with Gasteiger partial charge in [-0.1, -0.05) is 200 Å². The molecule has 0 radical (unpaired) electrons. The summed E-state index contributed by atoms with van der Waals surface area (Å²) < 4.78 is 43.2. The molecule has 5 aromatic carbocycles. The van der Waals surface area contributed by atoms with E-state index in [0.717, 1.165) is 172 Å². The summed E-state index contributed by atoms with van der Waals surface area (Å²) in [6.07, 6.45) is 44.3. The van der Waals surface area contributed by atoms with Gasteiger partial charge in [-0.3, -0.25) is 24.0 Å². The number of carbonyl (C=O) groups is 5. The summed E-state index contributed by atoms with van der Waals surface area (Å²) in [5, 5.41) is 16.5. The number of alkyl halides is 3. The van der Waals surface area contributed by atoms with Gasteiger partial charge in [-0.25, -0.2) is 13.2 Å². The highest BCUT2D eigenvalue weighted by Crippen LogP contribution is 2.77. The van der Waals surface area contributed by atoms with Crippen LogP contribution in [0.3, 0.4) is 0 Å². The van der Waals surface area contributed by atoms with Crippen LogP contribution in [-0.2, 0) is 51.0 Å². The number of piperidine rings is 5. The quantitative estimate of drug-likeness (QED) is 0.0511. The van der Waals surface area contributed by atoms with Crippen LogP contribution in [0.4, 0.5) is 13.2 Å². The molecule has 5 saturated heterocycles. The number of benzene rings is 5. The van der Waals surface area contributed by atoms with E-state index >= 15 is 0 Å². The normalized spacial score (nSPS) is 45.0. The van der Waals surface area contributed by atoms with Gasteiger partial charge in [0.25, 0.3) is 5.92 Å². The maximum absolute atomic E-state index is 14.4. The van der Waals surface area contributed by atoms with E-state index in [-0.39, 0.29) is 95.1 Å². The van der Waals surface area contributed by atoms with Crippen molar-refractivity contribution >= 4 is 28.9 Å². The van der Waals surface area contributed by atoms with E-state index in [1.807, 2.05) is 6.07 Å². The Bertz CT molecular complexity index is 4980. The summed E-state index contributed by atoms with van der Waals surface area (Å²) in [5.74, 6) is 3.93. The third kappa shape index (κ3) is 18.7. The van der Waals surface area contributed by atoms with Gasteiger partial charge in [0.1, 0.15) is 35.1 Å². The SMILES string of the molecule is CC12CC3CC(C(=O)CC4CCNCC4(C)C)(C1)CC(c1ccccc1)(C3)C2.CC12CC3CC(C(=O)CC4CCNCC4(F)F)(C1)CC(c1ccccc1)(C3)C2.CC12CC3CC(C(=O)C[C@@H]4CCNC[C@H]4F)(C1)CC(c1ccccc1)(C3)C2.C[C@H]1C[C@@H](CC(=O)C23CC4CC(C)(C2)CC(c2ccccc2)(C4)C3)CCN1.C[C@H]1C[C@@H](CC(=O)C23CC4CC(C)(C2)CC(c2ccccc2)(C4)C3)CCN1. The van der Waals surface area contributed by atoms with E-state index in [0.29, 0.717) is 107 Å². The number of ketones is 5. The molecule has 0 aromatic heterocycles. The molecule has 742 valence electrons. The average Bonchev–Trinajstić information content (AvgIpc) is 0.712. The lowest BCUT2D eigenvalue weighted by atomic mass is 9.38. The van der Waals surface area contributed by atoms with Crippen molar-refractivity contribution in [3.63, 3.8) is 0 Å². The number of hydrogen-bond acceptors (Lipinski definition) is 10. The lowest BCUT2D eigenvalue weighted by Gasteiger charge is -2.66. The molecule has 0 spiro atoms. The van der Waals surface area contributed by atoms with Crippen LogP contribution in [0, 0.1) is 119 Å². The maximum atomic E-state index is 14.4. The lowest BCUT2D eigenvalue weighted by molar-refractivity contribution is -0.163. The zero-order valence-corrected chi connectivity index (χ0v) is 85.5. The minimum atomic E-state index is -2.77. The Morgan fingerprint density at radius 1 is 0.299 bits per heavy atom. The minimum Gasteiger partial charge on any atom is -0.316 e. The van der Waals surface area contributed by atoms with E-state index in [2.05, 4.69) is 234 Å². The molecule has 22 unspecified atom stereocenters. The fraction of sp³-hybridized carbons (Fsp3) is 0.718. The van der Waals surface area contributed by atoms with Gasteiger partial charge in [-0.05, 0) is 425 Å². The van der Waals surface area contributed by atoms with E-state index < -0.39 is 18.0 Å². The molecule has 20 bridgehead atoms. The summed E-state index contributed by atoms with van der Waals surface area (Å²) in [4.78, 5) is 68.7. The van der Waals surface area contributed by atoms with Crippen molar-refractivity contribution in [2.75, 3.05) is 52.4 Å². The topological polar surface area (TPSA) is 146 Å². The second-order valence-corrected chi connectivity index (χ2v) is 55.7. The predicted octanol–water partition coefficient (Wildman–Crippen LogP) is 26.0. The molecule has 10 nitrogen and oxygen atoms in total. The van der Waals surface area contributed by atoms with Gasteiger partial charge < -0.3 is 26.6 Å². The zero-order chi connectivity index (χ0) is 95.3. The summed E-state index contributed by atoms with van der Waals surface area (Å²) in [6, 6.07) is 56.3. The monoisotopic (exact) mass is 1870 g/mol. The Morgan fingerprint density at radius 3 is 0.861 bits per heavy atom. The van der Waals surface area contributed by atoms with Crippen LogP contribution in [0.1, 0.15) is 360 Å². The number of rotatable bonds is 20. The highest BCUT2D eigenvalue weighted by atomic mass is 19.3. The molecular formula is C124H170F3N5O5. The zero-order valence-electron chi connectivity index (χ0n) is 85.5. The smallest absolute Gasteiger partial charge is 0.263 e. The van der Waals surface area contributed by atoms with Crippen LogP contribution in [0.5, 0.6) is 0 Å². The van der Waals surface area contributed by atoms with Gasteiger partial charge in [-0.2, -0.15) is 0 Å². The third-order valence-corrected chi connectivity index (χ3v) is 42.9. The van der Waals surface area contributed by atoms with Gasteiger partial charge in [-0.15, -0.1) is 0 Å². The highest BCUT2D eigenvalue weighted by molar-refractivity contribution is 5.89. The van der Waals surface area contributed by atoms with Crippen molar-refractivity contribution < 1.29 is 37.1 Å². The van der Waals surface area contributed by atoms with Gasteiger partial charge in [0.05, 0.1) is 6.54 Å².